The molecule has 1 aliphatic heterocycles. The molecule has 0 radical (unpaired) electrons. The molecule has 1 rings (SSSR count). The third-order valence-electron chi connectivity index (χ3n) is 2.77. The van der Waals surface area contributed by atoms with E-state index in [2.05, 4.69) is 4.90 Å². The fourth-order valence-corrected chi connectivity index (χ4v) is 1.74. The molecular weight excluding hydrogens is 180 g/mol. The Kier molecular flexibility index (Phi) is 3.63. The topological polar surface area (TPSA) is 63.4 Å². The first-order valence-corrected chi connectivity index (χ1v) is 5.05. The molecule has 4 nitrogen and oxygen atoms in total. The number of carbonyl (C=O) groups excluding carboxylic acids is 2. The van der Waals surface area contributed by atoms with Crippen molar-refractivity contribution in [1.29, 1.82) is 0 Å². The zero-order chi connectivity index (χ0) is 10.7. The summed E-state index contributed by atoms with van der Waals surface area (Å²) in [5.74, 6) is 0.0294. The minimum absolute atomic E-state index is 0.101. The number of ketones is 1. The molecule has 2 unspecified atom stereocenters. The van der Waals surface area contributed by atoms with Crippen molar-refractivity contribution in [2.75, 3.05) is 19.6 Å². The Morgan fingerprint density at radius 3 is 2.86 bits per heavy atom. The summed E-state index contributed by atoms with van der Waals surface area (Å²) in [4.78, 5) is 24.2. The fraction of sp³-hybridized carbons (Fsp3) is 0.800. The van der Waals surface area contributed by atoms with Gasteiger partial charge in [0.1, 0.15) is 5.78 Å². The maximum absolute atomic E-state index is 11.2. The fourth-order valence-electron chi connectivity index (χ4n) is 1.74. The molecule has 0 bridgehead atoms. The van der Waals surface area contributed by atoms with Crippen molar-refractivity contribution in [2.24, 2.45) is 17.6 Å². The molecule has 1 amide bonds. The molecule has 4 heteroatoms. The van der Waals surface area contributed by atoms with Gasteiger partial charge in [0.2, 0.25) is 5.91 Å². The molecule has 0 aromatic heterocycles. The van der Waals surface area contributed by atoms with Gasteiger partial charge in [-0.1, -0.05) is 13.8 Å². The molecule has 0 spiro atoms. The Bertz CT molecular complexity index is 240. The van der Waals surface area contributed by atoms with Crippen LogP contribution in [0.5, 0.6) is 0 Å². The average molecular weight is 198 g/mol. The number of hydrogen-bond donors (Lipinski definition) is 1. The number of piperidine rings is 1. The van der Waals surface area contributed by atoms with Gasteiger partial charge in [-0.25, -0.2) is 0 Å². The Morgan fingerprint density at radius 1 is 1.71 bits per heavy atom. The number of amides is 1. The van der Waals surface area contributed by atoms with E-state index in [1.807, 2.05) is 13.8 Å². The zero-order valence-electron chi connectivity index (χ0n) is 8.82. The molecule has 0 aromatic carbocycles. The summed E-state index contributed by atoms with van der Waals surface area (Å²) in [5.41, 5.74) is 5.18. The molecule has 80 valence electrons. The highest BCUT2D eigenvalue weighted by Crippen LogP contribution is 2.13. The molecule has 2 atom stereocenters. The maximum Gasteiger partial charge on any atom is 0.221 e. The summed E-state index contributed by atoms with van der Waals surface area (Å²) in [5, 5.41) is 0. The standard InChI is InChI=1S/C10H18N2O2/c1-7-5-12(4-3-9(7)13)6-8(2)10(11)14/h7-8H,3-6H2,1-2H3,(H2,11,14). The van der Waals surface area contributed by atoms with Crippen LogP contribution in [0.25, 0.3) is 0 Å². The van der Waals surface area contributed by atoms with Crippen LogP contribution in [0.3, 0.4) is 0 Å². The van der Waals surface area contributed by atoms with Gasteiger partial charge in [-0.2, -0.15) is 0 Å². The first-order valence-electron chi connectivity index (χ1n) is 5.05. The zero-order valence-corrected chi connectivity index (χ0v) is 8.82. The van der Waals surface area contributed by atoms with Gasteiger partial charge in [0, 0.05) is 37.9 Å². The molecular formula is C10H18N2O2. The average Bonchev–Trinajstić information content (AvgIpc) is 2.11. The maximum atomic E-state index is 11.2. The van der Waals surface area contributed by atoms with Gasteiger partial charge in [0.25, 0.3) is 0 Å². The van der Waals surface area contributed by atoms with Crippen molar-refractivity contribution in [3.05, 3.63) is 0 Å². The molecule has 1 saturated heterocycles. The molecule has 0 aromatic rings. The van der Waals surface area contributed by atoms with Crippen LogP contribution in [0.4, 0.5) is 0 Å². The summed E-state index contributed by atoms with van der Waals surface area (Å²) in [6.45, 7) is 5.96. The van der Waals surface area contributed by atoms with Crippen LogP contribution in [0, 0.1) is 11.8 Å². The van der Waals surface area contributed by atoms with Crippen LogP contribution in [0.1, 0.15) is 20.3 Å². The molecule has 1 fully saturated rings. The molecule has 0 aliphatic carbocycles. The van der Waals surface area contributed by atoms with Crippen LogP contribution < -0.4 is 5.73 Å². The molecule has 14 heavy (non-hydrogen) atoms. The van der Waals surface area contributed by atoms with Gasteiger partial charge >= 0.3 is 0 Å². The molecule has 1 heterocycles. The molecule has 2 N–H and O–H groups in total. The van der Waals surface area contributed by atoms with Crippen molar-refractivity contribution in [1.82, 2.24) is 4.90 Å². The van der Waals surface area contributed by atoms with Crippen molar-refractivity contribution < 1.29 is 9.59 Å². The Morgan fingerprint density at radius 2 is 2.36 bits per heavy atom. The van der Waals surface area contributed by atoms with Crippen molar-refractivity contribution in [2.45, 2.75) is 20.3 Å². The summed E-state index contributed by atoms with van der Waals surface area (Å²) in [6, 6.07) is 0. The highest BCUT2D eigenvalue weighted by molar-refractivity contribution is 5.81. The Balaban J connectivity index is 2.40. The van der Waals surface area contributed by atoms with E-state index in [4.69, 9.17) is 5.73 Å². The number of hydrogen-bond acceptors (Lipinski definition) is 3. The quantitative estimate of drug-likeness (QED) is 0.695. The van der Waals surface area contributed by atoms with Crippen LogP contribution in [0.15, 0.2) is 0 Å². The number of primary amides is 1. The smallest absolute Gasteiger partial charge is 0.221 e. The summed E-state index contributed by atoms with van der Waals surface area (Å²) in [7, 11) is 0. The number of likely N-dealkylation sites (tertiary alicyclic amines) is 1. The SMILES string of the molecule is CC(CN1CCC(=O)C(C)C1)C(N)=O. The highest BCUT2D eigenvalue weighted by Gasteiger charge is 2.25. The second-order valence-corrected chi connectivity index (χ2v) is 4.18. The number of Topliss-reactive ketones (excluding diaryl/α,β-unsaturated/α-hetero) is 1. The van der Waals surface area contributed by atoms with Gasteiger partial charge in [-0.05, 0) is 0 Å². The van der Waals surface area contributed by atoms with E-state index in [1.54, 1.807) is 0 Å². The lowest BCUT2D eigenvalue weighted by Gasteiger charge is -2.31. The van der Waals surface area contributed by atoms with E-state index in [0.29, 0.717) is 18.7 Å². The normalized spacial score (nSPS) is 26.1. The van der Waals surface area contributed by atoms with Crippen molar-refractivity contribution >= 4 is 11.7 Å². The van der Waals surface area contributed by atoms with Gasteiger partial charge in [0.05, 0.1) is 0 Å². The second-order valence-electron chi connectivity index (χ2n) is 4.18. The summed E-state index contributed by atoms with van der Waals surface area (Å²) < 4.78 is 0. The minimum atomic E-state index is -0.269. The first kappa shape index (κ1) is 11.2. The van der Waals surface area contributed by atoms with Gasteiger partial charge in [-0.15, -0.1) is 0 Å². The number of carbonyl (C=O) groups is 2. The van der Waals surface area contributed by atoms with Gasteiger partial charge < -0.3 is 10.6 Å². The Labute approximate surface area is 84.4 Å². The van der Waals surface area contributed by atoms with Gasteiger partial charge in [-0.3, -0.25) is 9.59 Å². The summed E-state index contributed by atoms with van der Waals surface area (Å²) >= 11 is 0. The van der Waals surface area contributed by atoms with Crippen LogP contribution in [-0.4, -0.2) is 36.2 Å². The number of nitrogens with two attached hydrogens (primary N) is 1. The van der Waals surface area contributed by atoms with Crippen LogP contribution >= 0.6 is 0 Å². The third-order valence-corrected chi connectivity index (χ3v) is 2.77. The van der Waals surface area contributed by atoms with E-state index >= 15 is 0 Å². The largest absolute Gasteiger partial charge is 0.369 e. The molecule has 0 saturated carbocycles. The Hall–Kier alpha value is -0.900. The first-order chi connectivity index (χ1) is 6.50. The van der Waals surface area contributed by atoms with Crippen LogP contribution in [-0.2, 0) is 9.59 Å². The predicted molar refractivity (Wildman–Crippen MR) is 53.6 cm³/mol. The monoisotopic (exact) mass is 198 g/mol. The predicted octanol–water partition coefficient (Wildman–Crippen LogP) is 0.0187. The van der Waals surface area contributed by atoms with Crippen molar-refractivity contribution in [3.63, 3.8) is 0 Å². The summed E-state index contributed by atoms with van der Waals surface area (Å²) in [6.07, 6.45) is 0.604. The molecule has 1 aliphatic rings. The minimum Gasteiger partial charge on any atom is -0.369 e. The third kappa shape index (κ3) is 2.80. The van der Waals surface area contributed by atoms with E-state index in [1.165, 1.54) is 0 Å². The lowest BCUT2D eigenvalue weighted by Crippen LogP contribution is -2.43. The van der Waals surface area contributed by atoms with Crippen LogP contribution in [0.2, 0.25) is 0 Å². The van der Waals surface area contributed by atoms with E-state index < -0.39 is 0 Å². The lowest BCUT2D eigenvalue weighted by molar-refractivity contribution is -0.126. The van der Waals surface area contributed by atoms with Crippen molar-refractivity contribution in [3.8, 4) is 0 Å². The van der Waals surface area contributed by atoms with Gasteiger partial charge in [0.15, 0.2) is 0 Å². The second kappa shape index (κ2) is 4.55. The number of nitrogens with zero attached hydrogens (tertiary/aromatic N) is 1. The lowest BCUT2D eigenvalue weighted by atomic mass is 9.97. The number of rotatable bonds is 3. The van der Waals surface area contributed by atoms with E-state index in [0.717, 1.165) is 13.1 Å². The highest BCUT2D eigenvalue weighted by atomic mass is 16.1. The van der Waals surface area contributed by atoms with E-state index in [9.17, 15) is 9.59 Å². The van der Waals surface area contributed by atoms with E-state index in [-0.39, 0.29) is 17.7 Å².